The number of rotatable bonds is 2. The maximum absolute atomic E-state index is 12.4. The zero-order valence-electron chi connectivity index (χ0n) is 13.1. The van der Waals surface area contributed by atoms with E-state index in [0.717, 1.165) is 48.7 Å². The highest BCUT2D eigenvalue weighted by atomic mass is 32.1. The van der Waals surface area contributed by atoms with Crippen LogP contribution in [0.2, 0.25) is 0 Å². The van der Waals surface area contributed by atoms with Gasteiger partial charge in [-0.05, 0) is 25.7 Å². The molecule has 2 aliphatic rings. The fraction of sp³-hybridized carbons (Fsp3) is 0.733. The first-order valence-electron chi connectivity index (χ1n) is 8.52. The number of hydrogen-bond donors (Lipinski definition) is 1. The van der Waals surface area contributed by atoms with Gasteiger partial charge in [-0.2, -0.15) is 9.61 Å². The summed E-state index contributed by atoms with van der Waals surface area (Å²) in [5.41, 5.74) is 0. The molecular weight excluding hydrogens is 312 g/mol. The van der Waals surface area contributed by atoms with Crippen molar-refractivity contribution in [2.75, 3.05) is 13.1 Å². The lowest BCUT2D eigenvalue weighted by molar-refractivity contribution is 0.174. The zero-order chi connectivity index (χ0) is 15.6. The number of urea groups is 1. The fourth-order valence-electron chi connectivity index (χ4n) is 3.58. The molecular formula is C15H22N6OS. The first kappa shape index (κ1) is 14.9. The van der Waals surface area contributed by atoms with Crippen molar-refractivity contribution < 1.29 is 4.79 Å². The summed E-state index contributed by atoms with van der Waals surface area (Å²) in [6, 6.07) is 0.502. The zero-order valence-corrected chi connectivity index (χ0v) is 14.0. The van der Waals surface area contributed by atoms with Crippen LogP contribution >= 0.6 is 11.3 Å². The second kappa shape index (κ2) is 6.43. The molecule has 1 aliphatic carbocycles. The number of carbonyl (C=O) groups is 1. The lowest BCUT2D eigenvalue weighted by Crippen LogP contribution is -2.48. The van der Waals surface area contributed by atoms with Gasteiger partial charge in [0.05, 0.1) is 0 Å². The van der Waals surface area contributed by atoms with Crippen LogP contribution < -0.4 is 5.32 Å². The minimum atomic E-state index is 0.119. The van der Waals surface area contributed by atoms with Gasteiger partial charge in [-0.1, -0.05) is 30.6 Å². The molecule has 1 saturated carbocycles. The molecule has 0 aromatic carbocycles. The van der Waals surface area contributed by atoms with Crippen molar-refractivity contribution in [3.05, 3.63) is 11.3 Å². The summed E-state index contributed by atoms with van der Waals surface area (Å²) in [4.78, 5) is 15.2. The van der Waals surface area contributed by atoms with Crippen LogP contribution in [-0.4, -0.2) is 49.9 Å². The van der Waals surface area contributed by atoms with Gasteiger partial charge in [0, 0.05) is 25.0 Å². The van der Waals surface area contributed by atoms with Gasteiger partial charge in [0.2, 0.25) is 4.96 Å². The van der Waals surface area contributed by atoms with Gasteiger partial charge in [0.15, 0.2) is 0 Å². The van der Waals surface area contributed by atoms with Crippen molar-refractivity contribution in [1.82, 2.24) is 30.0 Å². The molecule has 8 heteroatoms. The summed E-state index contributed by atoms with van der Waals surface area (Å²) >= 11 is 1.61. The normalized spacial score (nSPS) is 21.0. The topological polar surface area (TPSA) is 75.4 Å². The Morgan fingerprint density at radius 2 is 1.96 bits per heavy atom. The number of likely N-dealkylation sites (tertiary alicyclic amines) is 1. The van der Waals surface area contributed by atoms with Gasteiger partial charge in [-0.3, -0.25) is 0 Å². The Morgan fingerprint density at radius 3 is 2.70 bits per heavy atom. The number of piperidine rings is 1. The minimum Gasteiger partial charge on any atom is -0.335 e. The average Bonchev–Trinajstić information content (AvgIpc) is 3.17. The van der Waals surface area contributed by atoms with Crippen molar-refractivity contribution in [3.63, 3.8) is 0 Å². The number of nitrogens with zero attached hydrogens (tertiary/aromatic N) is 5. The highest BCUT2D eigenvalue weighted by molar-refractivity contribution is 7.16. The lowest BCUT2D eigenvalue weighted by atomic mass is 9.95. The third kappa shape index (κ3) is 3.17. The smallest absolute Gasteiger partial charge is 0.317 e. The van der Waals surface area contributed by atoms with Gasteiger partial charge >= 0.3 is 6.03 Å². The maximum atomic E-state index is 12.4. The molecule has 2 fully saturated rings. The molecule has 4 rings (SSSR count). The number of nitrogens with one attached hydrogen (secondary N) is 1. The highest BCUT2D eigenvalue weighted by Gasteiger charge is 2.27. The first-order valence-corrected chi connectivity index (χ1v) is 9.33. The van der Waals surface area contributed by atoms with E-state index in [2.05, 4.69) is 20.6 Å². The van der Waals surface area contributed by atoms with Crippen LogP contribution in [-0.2, 0) is 0 Å². The Bertz CT molecular complexity index is 640. The van der Waals surface area contributed by atoms with E-state index in [1.54, 1.807) is 22.2 Å². The Labute approximate surface area is 139 Å². The van der Waals surface area contributed by atoms with E-state index < -0.39 is 0 Å². The number of aromatic nitrogens is 4. The predicted octanol–water partition coefficient (Wildman–Crippen LogP) is 2.41. The Hall–Kier alpha value is -1.70. The van der Waals surface area contributed by atoms with E-state index in [1.807, 2.05) is 4.90 Å². The molecule has 1 saturated heterocycles. The molecule has 23 heavy (non-hydrogen) atoms. The fourth-order valence-corrected chi connectivity index (χ4v) is 4.57. The van der Waals surface area contributed by atoms with Crippen LogP contribution in [0.5, 0.6) is 0 Å². The Morgan fingerprint density at radius 1 is 1.17 bits per heavy atom. The third-order valence-corrected chi connectivity index (χ3v) is 6.04. The predicted molar refractivity (Wildman–Crippen MR) is 87.6 cm³/mol. The molecule has 2 amide bonds. The van der Waals surface area contributed by atoms with Gasteiger partial charge in [-0.15, -0.1) is 10.2 Å². The Kier molecular flexibility index (Phi) is 4.15. The summed E-state index contributed by atoms with van der Waals surface area (Å²) in [5.74, 6) is 0.431. The molecule has 0 unspecified atom stereocenters. The van der Waals surface area contributed by atoms with Crippen LogP contribution in [0.25, 0.3) is 4.96 Å². The van der Waals surface area contributed by atoms with E-state index in [9.17, 15) is 4.79 Å². The second-order valence-corrected chi connectivity index (χ2v) is 7.53. The summed E-state index contributed by atoms with van der Waals surface area (Å²) < 4.78 is 1.74. The lowest BCUT2D eigenvalue weighted by Gasteiger charge is -2.33. The van der Waals surface area contributed by atoms with Crippen LogP contribution in [0, 0.1) is 0 Å². The molecule has 1 N–H and O–H groups in total. The average molecular weight is 334 g/mol. The number of amides is 2. The van der Waals surface area contributed by atoms with Crippen molar-refractivity contribution >= 4 is 22.3 Å². The number of carbonyl (C=O) groups excluding carboxylic acids is 1. The molecule has 2 aromatic rings. The summed E-state index contributed by atoms with van der Waals surface area (Å²) in [7, 11) is 0. The van der Waals surface area contributed by atoms with E-state index >= 15 is 0 Å². The van der Waals surface area contributed by atoms with Crippen molar-refractivity contribution in [3.8, 4) is 0 Å². The maximum Gasteiger partial charge on any atom is 0.317 e. The Balaban J connectivity index is 1.31. The minimum absolute atomic E-state index is 0.119. The van der Waals surface area contributed by atoms with Crippen LogP contribution in [0.15, 0.2) is 6.33 Å². The van der Waals surface area contributed by atoms with Crippen molar-refractivity contribution in [2.45, 2.75) is 56.9 Å². The second-order valence-electron chi connectivity index (χ2n) is 6.54. The van der Waals surface area contributed by atoms with Gasteiger partial charge in [0.1, 0.15) is 11.3 Å². The molecule has 0 atom stereocenters. The molecule has 1 aliphatic heterocycles. The van der Waals surface area contributed by atoms with E-state index in [4.69, 9.17) is 0 Å². The van der Waals surface area contributed by atoms with Crippen molar-refractivity contribution in [2.24, 2.45) is 0 Å². The van der Waals surface area contributed by atoms with Crippen molar-refractivity contribution in [1.29, 1.82) is 0 Å². The first-order chi connectivity index (χ1) is 11.3. The molecule has 0 bridgehead atoms. The van der Waals surface area contributed by atoms with E-state index in [1.165, 1.54) is 19.3 Å². The largest absolute Gasteiger partial charge is 0.335 e. The van der Waals surface area contributed by atoms with Crippen LogP contribution in [0.3, 0.4) is 0 Å². The third-order valence-electron chi connectivity index (χ3n) is 4.97. The van der Waals surface area contributed by atoms with Gasteiger partial charge in [-0.25, -0.2) is 4.79 Å². The van der Waals surface area contributed by atoms with E-state index in [0.29, 0.717) is 12.0 Å². The molecule has 7 nitrogen and oxygen atoms in total. The highest BCUT2D eigenvalue weighted by Crippen LogP contribution is 2.30. The monoisotopic (exact) mass is 334 g/mol. The SMILES string of the molecule is O=C(NC1CCCCC1)N1CCC(c2nn3cnnc3s2)CC1. The van der Waals surface area contributed by atoms with Crippen LogP contribution in [0.4, 0.5) is 4.79 Å². The summed E-state index contributed by atoms with van der Waals surface area (Å²) in [6.45, 7) is 1.62. The number of fused-ring (bicyclic) bond motifs is 1. The molecule has 3 heterocycles. The summed E-state index contributed by atoms with van der Waals surface area (Å²) in [5, 5.41) is 16.8. The van der Waals surface area contributed by atoms with Crippen LogP contribution in [0.1, 0.15) is 55.9 Å². The molecule has 124 valence electrons. The van der Waals surface area contributed by atoms with E-state index in [-0.39, 0.29) is 6.03 Å². The summed E-state index contributed by atoms with van der Waals surface area (Å²) in [6.07, 6.45) is 9.66. The molecule has 2 aromatic heterocycles. The molecule has 0 radical (unpaired) electrons. The molecule has 0 spiro atoms. The van der Waals surface area contributed by atoms with Gasteiger partial charge < -0.3 is 10.2 Å². The quantitative estimate of drug-likeness (QED) is 0.915. The number of hydrogen-bond acceptors (Lipinski definition) is 5. The van der Waals surface area contributed by atoms with Gasteiger partial charge in [0.25, 0.3) is 0 Å². The standard InChI is InChI=1S/C15H22N6OS/c22-14(17-12-4-2-1-3-5-12)20-8-6-11(7-9-20)13-19-21-10-16-18-15(21)23-13/h10-12H,1-9H2,(H,17,22).